The summed E-state index contributed by atoms with van der Waals surface area (Å²) < 4.78 is 0. The molecule has 110 valence electrons. The number of carbonyl (C=O) groups excluding carboxylic acids is 1. The molecule has 0 aliphatic heterocycles. The summed E-state index contributed by atoms with van der Waals surface area (Å²) in [5.74, 6) is -0.0132. The van der Waals surface area contributed by atoms with Crippen LogP contribution in [0.3, 0.4) is 0 Å². The maximum atomic E-state index is 12.7. The number of carbonyl (C=O) groups is 1. The van der Waals surface area contributed by atoms with Crippen LogP contribution >= 0.6 is 0 Å². The van der Waals surface area contributed by atoms with Gasteiger partial charge in [0.2, 0.25) is 0 Å². The third-order valence-electron chi connectivity index (χ3n) is 4.17. The quantitative estimate of drug-likeness (QED) is 0.891. The number of nitrogens with zero attached hydrogens (tertiary/aromatic N) is 1. The third kappa shape index (κ3) is 3.12. The second kappa shape index (κ2) is 6.27. The third-order valence-corrected chi connectivity index (χ3v) is 4.17. The largest absolute Gasteiger partial charge is 0.507 e. The molecule has 0 heterocycles. The summed E-state index contributed by atoms with van der Waals surface area (Å²) in [7, 11) is 0. The van der Waals surface area contributed by atoms with Gasteiger partial charge in [0.25, 0.3) is 5.91 Å². The molecule has 1 aliphatic rings. The Hall–Kier alpha value is -1.55. The predicted octanol–water partition coefficient (Wildman–Crippen LogP) is 2.43. The van der Waals surface area contributed by atoms with Gasteiger partial charge in [0, 0.05) is 18.6 Å². The molecule has 1 saturated carbocycles. The highest BCUT2D eigenvalue weighted by Gasteiger charge is 2.28. The van der Waals surface area contributed by atoms with Crippen molar-refractivity contribution in [1.29, 1.82) is 0 Å². The fourth-order valence-corrected chi connectivity index (χ4v) is 2.96. The summed E-state index contributed by atoms with van der Waals surface area (Å²) in [5.41, 5.74) is 7.31. The van der Waals surface area contributed by atoms with Crippen molar-refractivity contribution in [2.75, 3.05) is 6.54 Å². The average Bonchev–Trinajstić information content (AvgIpc) is 2.44. The van der Waals surface area contributed by atoms with Crippen LogP contribution < -0.4 is 5.73 Å². The van der Waals surface area contributed by atoms with Crippen LogP contribution in [0.1, 0.15) is 48.5 Å². The summed E-state index contributed by atoms with van der Waals surface area (Å²) >= 11 is 0. The first-order valence-electron chi connectivity index (χ1n) is 7.39. The highest BCUT2D eigenvalue weighted by atomic mass is 16.3. The van der Waals surface area contributed by atoms with Gasteiger partial charge in [-0.1, -0.05) is 11.6 Å². The molecule has 0 aromatic heterocycles. The van der Waals surface area contributed by atoms with E-state index < -0.39 is 0 Å². The number of amides is 1. The van der Waals surface area contributed by atoms with Gasteiger partial charge in [-0.25, -0.2) is 0 Å². The second-order valence-corrected chi connectivity index (χ2v) is 5.68. The van der Waals surface area contributed by atoms with Gasteiger partial charge in [-0.05, 0) is 51.7 Å². The van der Waals surface area contributed by atoms with E-state index in [2.05, 4.69) is 0 Å². The normalized spacial score (nSPS) is 22.6. The molecule has 1 aliphatic carbocycles. The van der Waals surface area contributed by atoms with Crippen molar-refractivity contribution >= 4 is 5.91 Å². The van der Waals surface area contributed by atoms with Crippen molar-refractivity contribution in [2.45, 2.75) is 51.6 Å². The zero-order valence-electron chi connectivity index (χ0n) is 12.3. The summed E-state index contributed by atoms with van der Waals surface area (Å²) in [6.07, 6.45) is 3.84. The van der Waals surface area contributed by atoms with E-state index in [4.69, 9.17) is 5.73 Å². The first kappa shape index (κ1) is 14.9. The number of aryl methyl sites for hydroxylation is 1. The minimum atomic E-state index is -0.0748. The number of hydrogen-bond donors (Lipinski definition) is 2. The fraction of sp³-hybridized carbons (Fsp3) is 0.562. The molecule has 20 heavy (non-hydrogen) atoms. The second-order valence-electron chi connectivity index (χ2n) is 5.68. The van der Waals surface area contributed by atoms with Crippen LogP contribution in [0.5, 0.6) is 5.75 Å². The number of phenolic OH excluding ortho intramolecular Hbond substituents is 1. The van der Waals surface area contributed by atoms with Gasteiger partial charge in [-0.2, -0.15) is 0 Å². The van der Waals surface area contributed by atoms with Crippen molar-refractivity contribution in [1.82, 2.24) is 4.90 Å². The number of phenols is 1. The lowest BCUT2D eigenvalue weighted by molar-refractivity contribution is 0.0637. The molecule has 0 atom stereocenters. The fourth-order valence-electron chi connectivity index (χ4n) is 2.96. The number of benzene rings is 1. The zero-order valence-corrected chi connectivity index (χ0v) is 12.3. The molecule has 0 unspecified atom stereocenters. The summed E-state index contributed by atoms with van der Waals surface area (Å²) in [4.78, 5) is 14.5. The number of aromatic hydroxyl groups is 1. The van der Waals surface area contributed by atoms with Gasteiger partial charge in [-0.15, -0.1) is 0 Å². The molecule has 0 saturated heterocycles. The molecule has 4 heteroatoms. The minimum Gasteiger partial charge on any atom is -0.507 e. The van der Waals surface area contributed by atoms with Crippen LogP contribution in [0.4, 0.5) is 0 Å². The Morgan fingerprint density at radius 3 is 2.60 bits per heavy atom. The van der Waals surface area contributed by atoms with E-state index >= 15 is 0 Å². The van der Waals surface area contributed by atoms with Crippen molar-refractivity contribution in [3.8, 4) is 5.75 Å². The number of nitrogens with two attached hydrogens (primary N) is 1. The van der Waals surface area contributed by atoms with E-state index in [1.165, 1.54) is 0 Å². The van der Waals surface area contributed by atoms with Crippen LogP contribution in [0, 0.1) is 6.92 Å². The molecule has 0 radical (unpaired) electrons. The van der Waals surface area contributed by atoms with Crippen LogP contribution in [0.15, 0.2) is 18.2 Å². The Bertz CT molecular complexity index is 479. The summed E-state index contributed by atoms with van der Waals surface area (Å²) in [5, 5.41) is 9.92. The topological polar surface area (TPSA) is 66.6 Å². The molecule has 4 nitrogen and oxygen atoms in total. The molecule has 3 N–H and O–H groups in total. The van der Waals surface area contributed by atoms with E-state index in [0.29, 0.717) is 12.1 Å². The highest BCUT2D eigenvalue weighted by molar-refractivity contribution is 5.97. The smallest absolute Gasteiger partial charge is 0.257 e. The SMILES string of the molecule is CCN(C(=O)c1cc(C)ccc1O)C1CCC(N)CC1. The van der Waals surface area contributed by atoms with Crippen LogP contribution in [0.2, 0.25) is 0 Å². The van der Waals surface area contributed by atoms with Gasteiger partial charge in [0.1, 0.15) is 5.75 Å². The Kier molecular flexibility index (Phi) is 4.65. The molecular formula is C16H24N2O2. The number of hydrogen-bond acceptors (Lipinski definition) is 3. The van der Waals surface area contributed by atoms with Gasteiger partial charge >= 0.3 is 0 Å². The van der Waals surface area contributed by atoms with Gasteiger partial charge in [-0.3, -0.25) is 4.79 Å². The standard InChI is InChI=1S/C16H24N2O2/c1-3-18(13-7-5-12(17)6-8-13)16(20)14-10-11(2)4-9-15(14)19/h4,9-10,12-13,19H,3,5-8,17H2,1-2H3. The predicted molar refractivity (Wildman–Crippen MR) is 79.8 cm³/mol. The monoisotopic (exact) mass is 276 g/mol. The first-order valence-corrected chi connectivity index (χ1v) is 7.39. The molecule has 2 rings (SSSR count). The Labute approximate surface area is 120 Å². The maximum Gasteiger partial charge on any atom is 0.257 e. The lowest BCUT2D eigenvalue weighted by Gasteiger charge is -2.35. The maximum absolute atomic E-state index is 12.7. The lowest BCUT2D eigenvalue weighted by Crippen LogP contribution is -2.44. The molecule has 1 amide bonds. The van der Waals surface area contributed by atoms with Crippen molar-refractivity contribution in [2.24, 2.45) is 5.73 Å². The van der Waals surface area contributed by atoms with Gasteiger partial charge < -0.3 is 15.7 Å². The van der Waals surface area contributed by atoms with Crippen LogP contribution in [-0.2, 0) is 0 Å². The zero-order chi connectivity index (χ0) is 14.7. The van der Waals surface area contributed by atoms with E-state index in [0.717, 1.165) is 31.2 Å². The summed E-state index contributed by atoms with van der Waals surface area (Å²) in [6, 6.07) is 5.67. The van der Waals surface area contributed by atoms with Gasteiger partial charge in [0.05, 0.1) is 5.56 Å². The van der Waals surface area contributed by atoms with Crippen molar-refractivity contribution < 1.29 is 9.90 Å². The number of rotatable bonds is 3. The van der Waals surface area contributed by atoms with E-state index in [1.807, 2.05) is 24.8 Å². The minimum absolute atomic E-state index is 0.0616. The molecule has 0 spiro atoms. The average molecular weight is 276 g/mol. The van der Waals surface area contributed by atoms with E-state index in [9.17, 15) is 9.90 Å². The Morgan fingerprint density at radius 2 is 2.00 bits per heavy atom. The Morgan fingerprint density at radius 1 is 1.35 bits per heavy atom. The lowest BCUT2D eigenvalue weighted by atomic mass is 9.90. The van der Waals surface area contributed by atoms with E-state index in [-0.39, 0.29) is 23.7 Å². The summed E-state index contributed by atoms with van der Waals surface area (Å²) in [6.45, 7) is 4.57. The van der Waals surface area contributed by atoms with Crippen LogP contribution in [-0.4, -0.2) is 34.5 Å². The van der Waals surface area contributed by atoms with Crippen LogP contribution in [0.25, 0.3) is 0 Å². The molecule has 1 aromatic rings. The molecule has 1 fully saturated rings. The van der Waals surface area contributed by atoms with E-state index in [1.54, 1.807) is 12.1 Å². The van der Waals surface area contributed by atoms with Crippen molar-refractivity contribution in [3.63, 3.8) is 0 Å². The molecular weight excluding hydrogens is 252 g/mol. The van der Waals surface area contributed by atoms with Crippen molar-refractivity contribution in [3.05, 3.63) is 29.3 Å². The molecule has 1 aromatic carbocycles. The first-order chi connectivity index (χ1) is 9.52. The molecule has 0 bridgehead atoms. The highest BCUT2D eigenvalue weighted by Crippen LogP contribution is 2.26. The Balaban J connectivity index is 2.18. The van der Waals surface area contributed by atoms with Gasteiger partial charge in [0.15, 0.2) is 0 Å².